The lowest BCUT2D eigenvalue weighted by atomic mass is 10.0. The molecule has 0 bridgehead atoms. The number of benzene rings is 3. The van der Waals surface area contributed by atoms with E-state index in [1.54, 1.807) is 48.5 Å². The van der Waals surface area contributed by atoms with E-state index >= 15 is 0 Å². The average Bonchev–Trinajstić information content (AvgIpc) is 2.99. The molecule has 164 valence electrons. The standard InChI is InChI=1S/C26H26ClN3O2/c1-29(2)23-12-7-17-30(24-11-6-4-9-21(23)24)26(32)18-13-15-19(16-14-18)28-25(31)20-8-3-5-10-22(20)27/h3-6,8-11,13-16,23H,7,12,17H2,1-2H3,(H,28,31). The molecule has 0 radical (unpaired) electrons. The number of nitrogens with zero attached hydrogens (tertiary/aromatic N) is 2. The number of hydrogen-bond donors (Lipinski definition) is 1. The maximum Gasteiger partial charge on any atom is 0.258 e. The lowest BCUT2D eigenvalue weighted by Crippen LogP contribution is -2.31. The summed E-state index contributed by atoms with van der Waals surface area (Å²) in [5.74, 6) is -0.327. The number of nitrogens with one attached hydrogen (secondary N) is 1. The monoisotopic (exact) mass is 447 g/mol. The molecule has 1 aliphatic heterocycles. The van der Waals surface area contributed by atoms with Gasteiger partial charge in [-0.05, 0) is 75.0 Å². The lowest BCUT2D eigenvalue weighted by molar-refractivity contribution is 0.0985. The van der Waals surface area contributed by atoms with Crippen molar-refractivity contribution in [3.8, 4) is 0 Å². The van der Waals surface area contributed by atoms with Gasteiger partial charge in [-0.15, -0.1) is 0 Å². The summed E-state index contributed by atoms with van der Waals surface area (Å²) < 4.78 is 0. The van der Waals surface area contributed by atoms with Crippen LogP contribution in [-0.2, 0) is 0 Å². The second-order valence-electron chi connectivity index (χ2n) is 8.15. The molecule has 32 heavy (non-hydrogen) atoms. The summed E-state index contributed by atoms with van der Waals surface area (Å²) in [6.07, 6.45) is 1.93. The predicted octanol–water partition coefficient (Wildman–Crippen LogP) is 5.64. The molecule has 0 saturated carbocycles. The minimum absolute atomic E-state index is 0.0409. The van der Waals surface area contributed by atoms with Crippen molar-refractivity contribution in [1.29, 1.82) is 0 Å². The summed E-state index contributed by atoms with van der Waals surface area (Å²) in [7, 11) is 4.16. The van der Waals surface area contributed by atoms with E-state index in [1.807, 2.05) is 23.1 Å². The normalized spacial score (nSPS) is 15.8. The molecule has 3 aromatic rings. The highest BCUT2D eigenvalue weighted by Gasteiger charge is 2.27. The van der Waals surface area contributed by atoms with E-state index in [-0.39, 0.29) is 17.9 Å². The molecule has 0 aliphatic carbocycles. The Kier molecular flexibility index (Phi) is 6.58. The van der Waals surface area contributed by atoms with Crippen LogP contribution in [0.3, 0.4) is 0 Å². The molecular weight excluding hydrogens is 422 g/mol. The maximum atomic E-state index is 13.4. The fourth-order valence-electron chi connectivity index (χ4n) is 4.18. The van der Waals surface area contributed by atoms with Crippen molar-refractivity contribution < 1.29 is 9.59 Å². The predicted molar refractivity (Wildman–Crippen MR) is 130 cm³/mol. The Hall–Kier alpha value is -3.15. The van der Waals surface area contributed by atoms with Crippen LogP contribution < -0.4 is 10.2 Å². The van der Waals surface area contributed by atoms with Crippen molar-refractivity contribution in [1.82, 2.24) is 4.90 Å². The molecule has 1 heterocycles. The number of fused-ring (bicyclic) bond motifs is 1. The van der Waals surface area contributed by atoms with Crippen LogP contribution in [0.25, 0.3) is 0 Å². The molecule has 0 aromatic heterocycles. The number of amides is 2. The molecule has 1 N–H and O–H groups in total. The highest BCUT2D eigenvalue weighted by molar-refractivity contribution is 6.34. The van der Waals surface area contributed by atoms with Gasteiger partial charge in [-0.1, -0.05) is 41.9 Å². The van der Waals surface area contributed by atoms with Crippen LogP contribution in [0.2, 0.25) is 5.02 Å². The van der Waals surface area contributed by atoms with E-state index < -0.39 is 0 Å². The summed E-state index contributed by atoms with van der Waals surface area (Å²) in [4.78, 5) is 30.0. The van der Waals surface area contributed by atoms with E-state index in [2.05, 4.69) is 30.4 Å². The van der Waals surface area contributed by atoms with Crippen LogP contribution in [0, 0.1) is 0 Å². The smallest absolute Gasteiger partial charge is 0.258 e. The highest BCUT2D eigenvalue weighted by Crippen LogP contribution is 2.36. The SMILES string of the molecule is CN(C)C1CCCN(C(=O)c2ccc(NC(=O)c3ccccc3Cl)cc2)c2ccccc21. The molecule has 1 aliphatic rings. The molecule has 1 atom stereocenters. The number of para-hydroxylation sites is 1. The second-order valence-corrected chi connectivity index (χ2v) is 8.56. The fraction of sp³-hybridized carbons (Fsp3) is 0.231. The van der Waals surface area contributed by atoms with Gasteiger partial charge in [0.25, 0.3) is 11.8 Å². The summed E-state index contributed by atoms with van der Waals surface area (Å²) in [6, 6.07) is 22.3. The largest absolute Gasteiger partial charge is 0.322 e. The van der Waals surface area contributed by atoms with Gasteiger partial charge in [-0.3, -0.25) is 9.59 Å². The lowest BCUT2D eigenvalue weighted by Gasteiger charge is -2.27. The van der Waals surface area contributed by atoms with Crippen LogP contribution in [0.15, 0.2) is 72.8 Å². The van der Waals surface area contributed by atoms with Gasteiger partial charge in [0.15, 0.2) is 0 Å². The first-order valence-corrected chi connectivity index (χ1v) is 11.1. The number of rotatable bonds is 4. The number of carbonyl (C=O) groups excluding carboxylic acids is 2. The van der Waals surface area contributed by atoms with Crippen LogP contribution in [-0.4, -0.2) is 37.4 Å². The Balaban J connectivity index is 1.54. The van der Waals surface area contributed by atoms with Gasteiger partial charge in [0.2, 0.25) is 0 Å². The van der Waals surface area contributed by atoms with Gasteiger partial charge in [0.05, 0.1) is 10.6 Å². The Morgan fingerprint density at radius 1 is 0.969 bits per heavy atom. The van der Waals surface area contributed by atoms with Gasteiger partial charge in [-0.25, -0.2) is 0 Å². The van der Waals surface area contributed by atoms with Crippen molar-refractivity contribution >= 4 is 34.8 Å². The second kappa shape index (κ2) is 9.55. The molecule has 2 amide bonds. The molecule has 3 aromatic carbocycles. The Labute approximate surface area is 193 Å². The van der Waals surface area contributed by atoms with E-state index in [0.717, 1.165) is 18.5 Å². The molecule has 0 saturated heterocycles. The molecule has 0 fully saturated rings. The molecule has 6 heteroatoms. The zero-order valence-corrected chi connectivity index (χ0v) is 19.0. The number of halogens is 1. The Bertz CT molecular complexity index is 1130. The van der Waals surface area contributed by atoms with Gasteiger partial charge in [0.1, 0.15) is 0 Å². The van der Waals surface area contributed by atoms with Gasteiger partial charge in [0, 0.05) is 29.5 Å². The molecule has 4 rings (SSSR count). The molecule has 1 unspecified atom stereocenters. The van der Waals surface area contributed by atoms with Gasteiger partial charge in [-0.2, -0.15) is 0 Å². The number of hydrogen-bond acceptors (Lipinski definition) is 3. The average molecular weight is 448 g/mol. The first kappa shape index (κ1) is 22.1. The summed E-state index contributed by atoms with van der Waals surface area (Å²) in [5, 5.41) is 3.23. The zero-order chi connectivity index (χ0) is 22.7. The van der Waals surface area contributed by atoms with Crippen molar-refractivity contribution in [2.45, 2.75) is 18.9 Å². The third kappa shape index (κ3) is 4.54. The minimum atomic E-state index is -0.286. The number of carbonyl (C=O) groups is 2. The minimum Gasteiger partial charge on any atom is -0.322 e. The van der Waals surface area contributed by atoms with E-state index in [0.29, 0.717) is 28.4 Å². The summed E-state index contributed by atoms with van der Waals surface area (Å²) in [5.41, 5.74) is 3.73. The first-order chi connectivity index (χ1) is 15.5. The van der Waals surface area contributed by atoms with Crippen LogP contribution >= 0.6 is 11.6 Å². The zero-order valence-electron chi connectivity index (χ0n) is 18.2. The molecule has 0 spiro atoms. The fourth-order valence-corrected chi connectivity index (χ4v) is 4.40. The summed E-state index contributed by atoms with van der Waals surface area (Å²) in [6.45, 7) is 0.672. The van der Waals surface area contributed by atoms with Gasteiger partial charge >= 0.3 is 0 Å². The Morgan fingerprint density at radius 2 is 1.66 bits per heavy atom. The molecular formula is C26H26ClN3O2. The van der Waals surface area contributed by atoms with Crippen LogP contribution in [0.5, 0.6) is 0 Å². The topological polar surface area (TPSA) is 52.6 Å². The third-order valence-electron chi connectivity index (χ3n) is 5.82. The summed E-state index contributed by atoms with van der Waals surface area (Å²) >= 11 is 6.11. The quantitative estimate of drug-likeness (QED) is 0.563. The van der Waals surface area contributed by atoms with E-state index in [4.69, 9.17) is 11.6 Å². The maximum absolute atomic E-state index is 13.4. The van der Waals surface area contributed by atoms with Crippen molar-refractivity contribution in [3.63, 3.8) is 0 Å². The van der Waals surface area contributed by atoms with Crippen molar-refractivity contribution in [2.75, 3.05) is 30.9 Å². The Morgan fingerprint density at radius 3 is 2.38 bits per heavy atom. The van der Waals surface area contributed by atoms with E-state index in [9.17, 15) is 9.59 Å². The van der Waals surface area contributed by atoms with Crippen LogP contribution in [0.4, 0.5) is 11.4 Å². The number of anilines is 2. The van der Waals surface area contributed by atoms with Crippen LogP contribution in [0.1, 0.15) is 45.2 Å². The highest BCUT2D eigenvalue weighted by atomic mass is 35.5. The first-order valence-electron chi connectivity index (χ1n) is 10.7. The van der Waals surface area contributed by atoms with Crippen molar-refractivity contribution in [3.05, 3.63) is 94.5 Å². The third-order valence-corrected chi connectivity index (χ3v) is 6.15. The van der Waals surface area contributed by atoms with Crippen molar-refractivity contribution in [2.24, 2.45) is 0 Å². The van der Waals surface area contributed by atoms with E-state index in [1.165, 1.54) is 5.56 Å². The molecule has 5 nitrogen and oxygen atoms in total. The van der Waals surface area contributed by atoms with Gasteiger partial charge < -0.3 is 15.1 Å².